The Balaban J connectivity index is 0.000000295. The van der Waals surface area contributed by atoms with Crippen molar-refractivity contribution < 1.29 is 0 Å². The molecule has 2 atom stereocenters. The molecule has 2 saturated carbocycles. The molecule has 2 fully saturated rings. The third-order valence-corrected chi connectivity index (χ3v) is 20.9. The first-order chi connectivity index (χ1) is 42.7. The summed E-state index contributed by atoms with van der Waals surface area (Å²) in [5, 5.41) is 0. The summed E-state index contributed by atoms with van der Waals surface area (Å²) in [7, 11) is 0. The Morgan fingerprint density at radius 3 is 0.856 bits per heavy atom. The molecule has 0 spiro atoms. The van der Waals surface area contributed by atoms with E-state index in [1.807, 2.05) is 0 Å². The summed E-state index contributed by atoms with van der Waals surface area (Å²) in [4.78, 5) is 0. The van der Waals surface area contributed by atoms with E-state index < -0.39 is 0 Å². The second kappa shape index (κ2) is 43.2. The number of hydrogen-bond acceptors (Lipinski definition) is 0. The van der Waals surface area contributed by atoms with Gasteiger partial charge in [-0.1, -0.05) is 235 Å². The van der Waals surface area contributed by atoms with E-state index >= 15 is 0 Å². The lowest BCUT2D eigenvalue weighted by atomic mass is 9.77. The molecule has 0 heteroatoms. The van der Waals surface area contributed by atoms with Crippen LogP contribution in [0.5, 0.6) is 0 Å². The van der Waals surface area contributed by atoms with E-state index in [2.05, 4.69) is 227 Å². The van der Waals surface area contributed by atoms with Crippen LogP contribution in [-0.4, -0.2) is 0 Å². The monoisotopic (exact) mass is 1230 g/mol. The highest BCUT2D eigenvalue weighted by Crippen LogP contribution is 2.40. The fourth-order valence-corrected chi connectivity index (χ4v) is 14.5. The third kappa shape index (κ3) is 28.8. The van der Waals surface area contributed by atoms with Crippen LogP contribution in [0.1, 0.15) is 373 Å². The Kier molecular flexibility index (Phi) is 38.5. The summed E-state index contributed by atoms with van der Waals surface area (Å²) in [6, 6.07) is 24.5. The molecule has 5 aromatic rings. The normalized spacial score (nSPS) is 14.4. The van der Waals surface area contributed by atoms with Crippen LogP contribution < -0.4 is 0 Å². The molecule has 506 valence electrons. The Hall–Kier alpha value is -3.90. The first kappa shape index (κ1) is 80.3. The summed E-state index contributed by atoms with van der Waals surface area (Å²) < 4.78 is 0. The molecule has 0 radical (unpaired) electrons. The van der Waals surface area contributed by atoms with Crippen LogP contribution in [0.3, 0.4) is 0 Å². The van der Waals surface area contributed by atoms with Crippen LogP contribution in [0.25, 0.3) is 0 Å². The van der Waals surface area contributed by atoms with Crippen molar-refractivity contribution in [2.24, 2.45) is 23.7 Å². The predicted molar refractivity (Wildman–Crippen MR) is 408 cm³/mol. The Labute approximate surface area is 562 Å². The minimum atomic E-state index is 0.685. The van der Waals surface area contributed by atoms with Crippen LogP contribution in [0.4, 0.5) is 0 Å². The van der Waals surface area contributed by atoms with Gasteiger partial charge in [0.25, 0.3) is 0 Å². The number of rotatable bonds is 26. The number of hydrogen-bond donors (Lipinski definition) is 0. The first-order valence-electron chi connectivity index (χ1n) is 38.2. The van der Waals surface area contributed by atoms with Gasteiger partial charge in [-0.25, -0.2) is 0 Å². The van der Waals surface area contributed by atoms with Crippen molar-refractivity contribution in [3.8, 4) is 0 Å². The lowest BCUT2D eigenvalue weighted by Gasteiger charge is -2.28. The van der Waals surface area contributed by atoms with Gasteiger partial charge >= 0.3 is 0 Å². The van der Waals surface area contributed by atoms with Gasteiger partial charge in [-0.15, -0.1) is 0 Å². The molecule has 0 bridgehead atoms. The maximum atomic E-state index is 2.55. The summed E-state index contributed by atoms with van der Waals surface area (Å²) >= 11 is 0. The second-order valence-corrected chi connectivity index (χ2v) is 31.2. The Morgan fingerprint density at radius 1 is 0.289 bits per heavy atom. The van der Waals surface area contributed by atoms with E-state index in [9.17, 15) is 0 Å². The molecule has 5 aromatic carbocycles. The molecule has 0 N–H and O–H groups in total. The van der Waals surface area contributed by atoms with Gasteiger partial charge < -0.3 is 0 Å². The van der Waals surface area contributed by atoms with E-state index in [0.29, 0.717) is 11.8 Å². The van der Waals surface area contributed by atoms with Gasteiger partial charge in [-0.2, -0.15) is 0 Å². The molecule has 90 heavy (non-hydrogen) atoms. The van der Waals surface area contributed by atoms with E-state index in [4.69, 9.17) is 0 Å². The zero-order chi connectivity index (χ0) is 67.0. The van der Waals surface area contributed by atoms with Crippen LogP contribution in [-0.2, 0) is 38.5 Å². The molecule has 0 amide bonds. The summed E-state index contributed by atoms with van der Waals surface area (Å²) in [6.45, 7) is 55.0. The molecular weight excluding hydrogens is 1080 g/mol. The lowest BCUT2D eigenvalue weighted by Crippen LogP contribution is -2.10. The molecule has 2 unspecified atom stereocenters. The van der Waals surface area contributed by atoms with E-state index in [0.717, 1.165) is 35.5 Å². The Bertz CT molecular complexity index is 2580. The molecule has 7 rings (SSSR count). The van der Waals surface area contributed by atoms with Gasteiger partial charge in [0, 0.05) is 0 Å². The van der Waals surface area contributed by atoms with Gasteiger partial charge in [0.1, 0.15) is 0 Å². The minimum Gasteiger partial charge on any atom is -0.0654 e. The lowest BCUT2D eigenvalue weighted by molar-refractivity contribution is 0.437. The molecule has 0 aromatic heterocycles. The standard InChI is InChI=1S/C20H30.C20H34.C18H30.2C16H26/c1-15-13-20(18-11-7-4-8-12-18)16(2)14-19(15)17-9-5-3-6-10-17;1-5-7-9-11-13-19-15-18(4)20(16-17(19)3)14-12-10-8-6-2;1-13(2)7-9-17-11-16(6)18(12-15(17)5)10-8-14(3)4;1-11(2)7-15-9-14(6)16(8-12(3)4)10-13(15)5;1-7-11(3)15-9-14(6)16(10-13(15)5)12(4)8-2/h13-14,17-18H,3-12H2,1-2H3;15-16H,5-14H2,1-4H3;11-14H,7-10H2,1-6H3;2*9-12H,7-8H2,1-6H3. The maximum absolute atomic E-state index is 2.55. The van der Waals surface area contributed by atoms with E-state index in [1.54, 1.807) is 44.5 Å². The Morgan fingerprint density at radius 2 is 0.578 bits per heavy atom. The smallest absolute Gasteiger partial charge is 0.0159 e. The second-order valence-electron chi connectivity index (χ2n) is 31.2. The minimum absolute atomic E-state index is 0.685. The quantitative estimate of drug-likeness (QED) is 0.0484. The number of aryl methyl sites for hydroxylation is 14. The van der Waals surface area contributed by atoms with E-state index in [1.165, 1.54) is 247 Å². The van der Waals surface area contributed by atoms with Crippen LogP contribution >= 0.6 is 0 Å². The van der Waals surface area contributed by atoms with Gasteiger partial charge in [-0.05, 0) is 331 Å². The molecular formula is C90H146. The van der Waals surface area contributed by atoms with E-state index in [-0.39, 0.29) is 0 Å². The van der Waals surface area contributed by atoms with Crippen molar-refractivity contribution in [1.29, 1.82) is 0 Å². The molecule has 0 aliphatic heterocycles. The van der Waals surface area contributed by atoms with Crippen molar-refractivity contribution in [1.82, 2.24) is 0 Å². The number of unbranched alkanes of at least 4 members (excludes halogenated alkanes) is 6. The predicted octanol–water partition coefficient (Wildman–Crippen LogP) is 28.5. The SMILES string of the molecule is CCC(C)c1cc(C)c(C(C)CC)cc1C.CCCCCCc1cc(C)c(CCCCCC)cc1C.Cc1cc(C2CCCCC2)c(C)cc1C1CCCCC1.Cc1cc(CC(C)C)c(C)cc1CC(C)C.Cc1cc(CCC(C)C)c(C)cc1CCC(C)C. The highest BCUT2D eigenvalue weighted by Gasteiger charge is 2.22. The highest BCUT2D eigenvalue weighted by atomic mass is 14.3. The third-order valence-electron chi connectivity index (χ3n) is 20.9. The zero-order valence-electron chi connectivity index (χ0n) is 64.2. The van der Waals surface area contributed by atoms with Crippen LogP contribution in [0.15, 0.2) is 60.7 Å². The average Bonchev–Trinajstić information content (AvgIpc) is 1.55. The fraction of sp³-hybridized carbons (Fsp3) is 0.667. The number of benzene rings is 5. The van der Waals surface area contributed by atoms with Crippen molar-refractivity contribution in [2.75, 3.05) is 0 Å². The van der Waals surface area contributed by atoms with Gasteiger partial charge in [-0.3, -0.25) is 0 Å². The largest absolute Gasteiger partial charge is 0.0654 e. The van der Waals surface area contributed by atoms with Crippen molar-refractivity contribution in [3.05, 3.63) is 172 Å². The molecule has 0 heterocycles. The average molecular weight is 1230 g/mol. The zero-order valence-corrected chi connectivity index (χ0v) is 64.2. The molecule has 2 aliphatic rings. The first-order valence-corrected chi connectivity index (χ1v) is 38.2. The van der Waals surface area contributed by atoms with Crippen molar-refractivity contribution >= 4 is 0 Å². The highest BCUT2D eigenvalue weighted by molar-refractivity contribution is 5.43. The van der Waals surface area contributed by atoms with Crippen molar-refractivity contribution in [2.45, 2.75) is 370 Å². The maximum Gasteiger partial charge on any atom is -0.0159 e. The summed E-state index contributed by atoms with van der Waals surface area (Å²) in [6.07, 6.45) is 37.7. The summed E-state index contributed by atoms with van der Waals surface area (Å²) in [5.74, 6) is 6.15. The molecule has 0 nitrogen and oxygen atoms in total. The van der Waals surface area contributed by atoms with Gasteiger partial charge in [0.15, 0.2) is 0 Å². The van der Waals surface area contributed by atoms with Gasteiger partial charge in [0.05, 0.1) is 0 Å². The molecule has 0 saturated heterocycles. The van der Waals surface area contributed by atoms with Crippen LogP contribution in [0.2, 0.25) is 0 Å². The summed E-state index contributed by atoms with van der Waals surface area (Å²) in [5.41, 5.74) is 30.7. The fourth-order valence-electron chi connectivity index (χ4n) is 14.5. The molecule has 2 aliphatic carbocycles. The van der Waals surface area contributed by atoms with Gasteiger partial charge in [0.2, 0.25) is 0 Å². The van der Waals surface area contributed by atoms with Crippen molar-refractivity contribution in [3.63, 3.8) is 0 Å². The van der Waals surface area contributed by atoms with Crippen LogP contribution in [0, 0.1) is 92.9 Å². The topological polar surface area (TPSA) is 0 Å².